The van der Waals surface area contributed by atoms with Gasteiger partial charge in [0.1, 0.15) is 35.2 Å². The first-order chi connectivity index (χ1) is 28.5. The summed E-state index contributed by atoms with van der Waals surface area (Å²) >= 11 is 0. The van der Waals surface area contributed by atoms with E-state index in [9.17, 15) is 39.5 Å². The van der Waals surface area contributed by atoms with E-state index >= 15 is 0 Å². The summed E-state index contributed by atoms with van der Waals surface area (Å²) < 4.78 is 34.1. The molecule has 316 valence electrons. The van der Waals surface area contributed by atoms with Crippen LogP contribution in [0.5, 0.6) is 46.0 Å². The van der Waals surface area contributed by atoms with Crippen LogP contribution in [0.15, 0.2) is 66.7 Å². The fourth-order valence-electron chi connectivity index (χ4n) is 6.60. The molecular formula is C41H43N5O14. The minimum atomic E-state index is -1.59. The van der Waals surface area contributed by atoms with Crippen LogP contribution in [0, 0.1) is 10.1 Å². The summed E-state index contributed by atoms with van der Waals surface area (Å²) in [7, 11) is 4.01. The molecule has 0 unspecified atom stereocenters. The maximum atomic E-state index is 14.6. The van der Waals surface area contributed by atoms with Crippen LogP contribution in [0.2, 0.25) is 0 Å². The molecule has 3 aliphatic heterocycles. The van der Waals surface area contributed by atoms with Gasteiger partial charge in [-0.2, -0.15) is 0 Å². The largest absolute Gasteiger partial charge is 0.504 e. The molecule has 0 aliphatic carbocycles. The zero-order valence-corrected chi connectivity index (χ0v) is 33.3. The number of nitro groups is 1. The number of aliphatic hydroxyl groups excluding tert-OH is 1. The van der Waals surface area contributed by atoms with Gasteiger partial charge in [-0.3, -0.25) is 24.5 Å². The minimum absolute atomic E-state index is 0.0798. The molecule has 0 fully saturated rings. The number of nitrogens with one attached hydrogen (secondary N) is 4. The molecule has 6 N–H and O–H groups in total. The minimum Gasteiger partial charge on any atom is -0.504 e. The molecule has 4 amide bonds. The number of methoxy groups -OCH3 is 3. The molecule has 4 atom stereocenters. The van der Waals surface area contributed by atoms with Crippen molar-refractivity contribution in [1.82, 2.24) is 21.3 Å². The number of phenols is 1. The van der Waals surface area contributed by atoms with Crippen LogP contribution in [0.3, 0.4) is 0 Å². The average molecular weight is 830 g/mol. The Morgan fingerprint density at radius 3 is 2.25 bits per heavy atom. The molecule has 7 rings (SSSR count). The van der Waals surface area contributed by atoms with Crippen LogP contribution in [-0.2, 0) is 25.5 Å². The number of aromatic hydroxyl groups is 1. The fraction of sp³-hybridized carbons (Fsp3) is 0.317. The second kappa shape index (κ2) is 17.3. The lowest BCUT2D eigenvalue weighted by molar-refractivity contribution is -0.385. The lowest BCUT2D eigenvalue weighted by atomic mass is 9.99. The van der Waals surface area contributed by atoms with Crippen molar-refractivity contribution in [2.24, 2.45) is 0 Å². The molecule has 3 heterocycles. The van der Waals surface area contributed by atoms with Crippen molar-refractivity contribution in [3.63, 3.8) is 0 Å². The Hall–Kier alpha value is -7.28. The zero-order valence-electron chi connectivity index (χ0n) is 33.3. The molecule has 4 aromatic rings. The van der Waals surface area contributed by atoms with Crippen LogP contribution >= 0.6 is 0 Å². The van der Waals surface area contributed by atoms with Gasteiger partial charge >= 0.3 is 11.8 Å². The van der Waals surface area contributed by atoms with E-state index in [-0.39, 0.29) is 68.9 Å². The summed E-state index contributed by atoms with van der Waals surface area (Å²) in [6.07, 6.45) is -1.36. The third kappa shape index (κ3) is 9.36. The number of hydrogen-bond acceptors (Lipinski definition) is 14. The van der Waals surface area contributed by atoms with E-state index in [1.54, 1.807) is 20.8 Å². The van der Waals surface area contributed by atoms with Crippen molar-refractivity contribution in [1.29, 1.82) is 0 Å². The van der Waals surface area contributed by atoms with Gasteiger partial charge in [0.05, 0.1) is 38.9 Å². The molecule has 0 saturated carbocycles. The summed E-state index contributed by atoms with van der Waals surface area (Å²) in [5.41, 5.74) is -0.955. The lowest BCUT2D eigenvalue weighted by Gasteiger charge is -2.29. The number of hydrogen-bond donors (Lipinski definition) is 6. The van der Waals surface area contributed by atoms with E-state index in [0.717, 1.165) is 6.07 Å². The molecule has 19 nitrogen and oxygen atoms in total. The van der Waals surface area contributed by atoms with Crippen LogP contribution in [0.25, 0.3) is 0 Å². The standard InChI is InChI=1S/C41H43N5O14/c1-41(2,3)60-40(52)45-34-21-8-10-31(56-5)32(16-21)58-25-14-23(13-24(18-25)55-4)35-39(51)43-27(19-47)22-15-29(48)36(57-6)33(17-22)59-30-9-7-20(12-28(30)46(53)54)11-26(37(49)44-35)42-38(34)50/h7-10,12-18,26-27,34-35,47-48H,11,19H2,1-6H3,(H,42,50)(H,43,51)(H,44,49)(H,45,52)/t26-,27+,34-,35+/m1/s1. The summed E-state index contributed by atoms with van der Waals surface area (Å²) in [6, 6.07) is 9.25. The van der Waals surface area contributed by atoms with Crippen molar-refractivity contribution in [3.05, 3.63) is 99.1 Å². The first kappa shape index (κ1) is 42.3. The molecule has 3 aliphatic rings. The number of rotatable bonds is 6. The topological polar surface area (TPSA) is 255 Å². The summed E-state index contributed by atoms with van der Waals surface area (Å²) in [6.45, 7) is 4.16. The third-order valence-corrected chi connectivity index (χ3v) is 9.37. The van der Waals surface area contributed by atoms with Gasteiger partial charge < -0.3 is 59.9 Å². The van der Waals surface area contributed by atoms with E-state index in [2.05, 4.69) is 21.3 Å². The number of amides is 4. The number of carbonyl (C=O) groups excluding carboxylic acids is 4. The fourth-order valence-corrected chi connectivity index (χ4v) is 6.60. The van der Waals surface area contributed by atoms with Crippen molar-refractivity contribution in [2.75, 3.05) is 27.9 Å². The van der Waals surface area contributed by atoms with Gasteiger partial charge in [-0.25, -0.2) is 4.79 Å². The highest BCUT2D eigenvalue weighted by Crippen LogP contribution is 2.44. The number of aliphatic hydroxyl groups is 1. The first-order valence-corrected chi connectivity index (χ1v) is 18.4. The number of nitrogens with zero attached hydrogens (tertiary/aromatic N) is 1. The van der Waals surface area contributed by atoms with Gasteiger partial charge in [-0.1, -0.05) is 12.1 Å². The van der Waals surface area contributed by atoms with Gasteiger partial charge in [0.2, 0.25) is 29.2 Å². The number of benzene rings is 4. The highest BCUT2D eigenvalue weighted by Gasteiger charge is 2.35. The Bertz CT molecular complexity index is 2350. The molecular weight excluding hydrogens is 786 g/mol. The Labute approximate surface area is 343 Å². The van der Waals surface area contributed by atoms with E-state index < -0.39 is 76.6 Å². The Morgan fingerprint density at radius 1 is 0.833 bits per heavy atom. The van der Waals surface area contributed by atoms with Gasteiger partial charge in [-0.15, -0.1) is 0 Å². The molecule has 60 heavy (non-hydrogen) atoms. The van der Waals surface area contributed by atoms with Crippen LogP contribution < -0.4 is 45.0 Å². The number of carbonyl (C=O) groups is 4. The number of ether oxygens (including phenoxy) is 6. The van der Waals surface area contributed by atoms with Crippen molar-refractivity contribution < 1.29 is 62.7 Å². The van der Waals surface area contributed by atoms with Crippen molar-refractivity contribution in [3.8, 4) is 46.0 Å². The number of phenolic OH excluding ortho intramolecular Hbond substituents is 1. The number of nitro benzene ring substituents is 1. The smallest absolute Gasteiger partial charge is 0.408 e. The summed E-state index contributed by atoms with van der Waals surface area (Å²) in [5, 5.41) is 44.6. The maximum absolute atomic E-state index is 14.6. The molecule has 10 bridgehead atoms. The Morgan fingerprint density at radius 2 is 1.58 bits per heavy atom. The SMILES string of the molecule is COc1cc2cc(c1)[C@@H]1NC(=O)[C@@H](Cc3ccc(c([N+](=O)[O-])c3)Oc3cc(cc(O)c3OC)[C@H](CO)NC1=O)NC(=O)[C@H](NC(=O)OC(C)(C)C)c1ccc(OC)c(c1)O2. The summed E-state index contributed by atoms with van der Waals surface area (Å²) in [5.74, 6) is -3.28. The van der Waals surface area contributed by atoms with Crippen molar-refractivity contribution in [2.45, 2.75) is 57.0 Å². The molecule has 4 aromatic carbocycles. The predicted molar refractivity (Wildman–Crippen MR) is 210 cm³/mol. The van der Waals surface area contributed by atoms with E-state index in [4.69, 9.17) is 28.4 Å². The van der Waals surface area contributed by atoms with Gasteiger partial charge in [0, 0.05) is 18.6 Å². The second-order valence-corrected chi connectivity index (χ2v) is 14.7. The molecule has 0 spiro atoms. The second-order valence-electron chi connectivity index (χ2n) is 14.7. The first-order valence-electron chi connectivity index (χ1n) is 18.4. The lowest BCUT2D eigenvalue weighted by Crippen LogP contribution is -2.54. The quantitative estimate of drug-likeness (QED) is 0.115. The molecule has 0 aromatic heterocycles. The van der Waals surface area contributed by atoms with E-state index in [1.165, 1.54) is 82.0 Å². The molecule has 0 saturated heterocycles. The molecule has 0 radical (unpaired) electrons. The van der Waals surface area contributed by atoms with Crippen LogP contribution in [0.4, 0.5) is 10.5 Å². The van der Waals surface area contributed by atoms with Gasteiger partial charge in [0.25, 0.3) is 0 Å². The Balaban J connectivity index is 1.59. The monoisotopic (exact) mass is 829 g/mol. The van der Waals surface area contributed by atoms with Gasteiger partial charge in [0.15, 0.2) is 23.0 Å². The van der Waals surface area contributed by atoms with E-state index in [1.807, 2.05) is 0 Å². The molecule has 19 heteroatoms. The average Bonchev–Trinajstić information content (AvgIpc) is 3.19. The highest BCUT2D eigenvalue weighted by atomic mass is 16.6. The van der Waals surface area contributed by atoms with Crippen LogP contribution in [-0.4, -0.2) is 78.5 Å². The zero-order chi connectivity index (χ0) is 43.5. The normalized spacial score (nSPS) is 18.9. The van der Waals surface area contributed by atoms with Crippen LogP contribution in [0.1, 0.15) is 61.2 Å². The van der Waals surface area contributed by atoms with Crippen molar-refractivity contribution >= 4 is 29.5 Å². The summed E-state index contributed by atoms with van der Waals surface area (Å²) in [4.78, 5) is 68.4. The van der Waals surface area contributed by atoms with E-state index in [0.29, 0.717) is 0 Å². The maximum Gasteiger partial charge on any atom is 0.408 e. The predicted octanol–water partition coefficient (Wildman–Crippen LogP) is 4.54. The highest BCUT2D eigenvalue weighted by molar-refractivity contribution is 5.95. The third-order valence-electron chi connectivity index (χ3n) is 9.37. The van der Waals surface area contributed by atoms with Gasteiger partial charge in [-0.05, 0) is 85.5 Å². The number of alkyl carbamates (subject to hydrolysis) is 1. The number of fused-ring (bicyclic) bond motifs is 8. The Kier molecular flexibility index (Phi) is 12.2.